The van der Waals surface area contributed by atoms with Crippen LogP contribution in [0.4, 0.5) is 5.69 Å². The predicted octanol–water partition coefficient (Wildman–Crippen LogP) is 3.16. The number of hydrogen-bond acceptors (Lipinski definition) is 6. The molecule has 0 atom stereocenters. The third-order valence-corrected chi connectivity index (χ3v) is 9.23. The van der Waals surface area contributed by atoms with Gasteiger partial charge in [0.1, 0.15) is 16.3 Å². The van der Waals surface area contributed by atoms with Crippen molar-refractivity contribution in [2.45, 2.75) is 42.4 Å². The number of hydrogen-bond donors (Lipinski definition) is 3. The van der Waals surface area contributed by atoms with Crippen molar-refractivity contribution in [2.24, 2.45) is 0 Å². The minimum atomic E-state index is -4.79. The van der Waals surface area contributed by atoms with E-state index < -0.39 is 51.3 Å². The molecule has 0 saturated heterocycles. The van der Waals surface area contributed by atoms with Crippen molar-refractivity contribution >= 4 is 63.3 Å². The highest BCUT2D eigenvalue weighted by molar-refractivity contribution is 7.86. The molecular formula is C22H24NO9S3+. The molecule has 3 aromatic carbocycles. The Balaban J connectivity index is 2.14. The minimum Gasteiger partial charge on any atom is -0.286 e. The summed E-state index contributed by atoms with van der Waals surface area (Å²) >= 11 is 0. The van der Waals surface area contributed by atoms with E-state index >= 15 is 0 Å². The molecule has 3 N–H and O–H groups in total. The van der Waals surface area contributed by atoms with Crippen molar-refractivity contribution in [1.29, 1.82) is 0 Å². The van der Waals surface area contributed by atoms with Gasteiger partial charge in [0.05, 0.1) is 11.2 Å². The largest absolute Gasteiger partial charge is 0.295 e. The van der Waals surface area contributed by atoms with Crippen molar-refractivity contribution in [1.82, 2.24) is 0 Å². The molecule has 0 fully saturated rings. The van der Waals surface area contributed by atoms with Crippen LogP contribution in [0.1, 0.15) is 32.8 Å². The van der Waals surface area contributed by atoms with Crippen molar-refractivity contribution < 1.29 is 43.5 Å². The van der Waals surface area contributed by atoms with Crippen LogP contribution in [0.25, 0.3) is 21.5 Å². The molecule has 1 aliphatic rings. The Morgan fingerprint density at radius 3 is 2.03 bits per heavy atom. The van der Waals surface area contributed by atoms with E-state index in [-0.39, 0.29) is 23.7 Å². The molecule has 1 aliphatic heterocycles. The van der Waals surface area contributed by atoms with Gasteiger partial charge in [-0.3, -0.25) is 13.7 Å². The number of rotatable bonds is 6. The van der Waals surface area contributed by atoms with E-state index in [2.05, 4.69) is 0 Å². The van der Waals surface area contributed by atoms with Gasteiger partial charge in [0.25, 0.3) is 30.4 Å². The molecule has 0 radical (unpaired) electrons. The van der Waals surface area contributed by atoms with Crippen molar-refractivity contribution in [3.05, 3.63) is 42.0 Å². The molecule has 35 heavy (non-hydrogen) atoms. The molecular weight excluding hydrogens is 518 g/mol. The zero-order valence-electron chi connectivity index (χ0n) is 19.0. The van der Waals surface area contributed by atoms with Crippen LogP contribution in [0.3, 0.4) is 0 Å². The number of benzene rings is 3. The number of nitrogens with zero attached hydrogens (tertiary/aromatic N) is 1. The molecule has 0 spiro atoms. The smallest absolute Gasteiger partial charge is 0.286 e. The fourth-order valence-corrected chi connectivity index (χ4v) is 6.79. The topological polar surface area (TPSA) is 166 Å². The van der Waals surface area contributed by atoms with Crippen molar-refractivity contribution in [2.75, 3.05) is 12.3 Å². The fourth-order valence-electron chi connectivity index (χ4n) is 4.88. The fraction of sp³-hybridized carbons (Fsp3) is 0.318. The summed E-state index contributed by atoms with van der Waals surface area (Å²) < 4.78 is 102. The Hall–Kier alpha value is -2.42. The first-order valence-corrected chi connectivity index (χ1v) is 15.0. The van der Waals surface area contributed by atoms with Gasteiger partial charge in [-0.05, 0) is 37.4 Å². The van der Waals surface area contributed by atoms with Crippen LogP contribution in [0.2, 0.25) is 0 Å². The average Bonchev–Trinajstić information content (AvgIpc) is 2.90. The zero-order chi connectivity index (χ0) is 26.1. The zero-order valence-corrected chi connectivity index (χ0v) is 21.5. The summed E-state index contributed by atoms with van der Waals surface area (Å²) in [7, 11) is -13.7. The average molecular weight is 543 g/mol. The highest BCUT2D eigenvalue weighted by atomic mass is 32.2. The standard InChI is InChI=1S/C22H23NO9S3/c1-13-22(2,3)21-17(23(13)10-5-11-33(24,25)26)9-8-15-19(35(30,31)32)12-16-14(20(15)21)6-4-7-18(16)34(27,28)29/h4,6-9,12H,5,10-11H2,1-3H3,(H2-,24,25,26,27,28,29,30,31,32)/p+1. The Morgan fingerprint density at radius 1 is 0.829 bits per heavy atom. The van der Waals surface area contributed by atoms with Gasteiger partial charge < -0.3 is 0 Å². The molecule has 0 saturated carbocycles. The van der Waals surface area contributed by atoms with Crippen molar-refractivity contribution in [3.8, 4) is 0 Å². The van der Waals surface area contributed by atoms with Crippen LogP contribution in [-0.4, -0.2) is 61.5 Å². The first-order valence-electron chi connectivity index (χ1n) is 10.5. The summed E-state index contributed by atoms with van der Waals surface area (Å²) in [5, 5.41) is 0.855. The Bertz CT molecular complexity index is 1770. The molecule has 0 bridgehead atoms. The molecule has 0 aliphatic carbocycles. The van der Waals surface area contributed by atoms with Crippen LogP contribution in [0, 0.1) is 0 Å². The summed E-state index contributed by atoms with van der Waals surface area (Å²) in [6, 6.07) is 8.37. The highest BCUT2D eigenvalue weighted by Crippen LogP contribution is 2.47. The second-order valence-electron chi connectivity index (χ2n) is 9.06. The minimum absolute atomic E-state index is 0.0678. The molecule has 10 nitrogen and oxygen atoms in total. The molecule has 3 aromatic rings. The van der Waals surface area contributed by atoms with Crippen LogP contribution in [0.5, 0.6) is 0 Å². The first-order chi connectivity index (χ1) is 15.9. The Kier molecular flexibility index (Phi) is 5.90. The first kappa shape index (κ1) is 25.7. The lowest BCUT2D eigenvalue weighted by Crippen LogP contribution is -2.27. The summed E-state index contributed by atoms with van der Waals surface area (Å²) in [6.45, 7) is 5.88. The summed E-state index contributed by atoms with van der Waals surface area (Å²) in [5.74, 6) is -0.437. The third kappa shape index (κ3) is 4.36. The maximum atomic E-state index is 12.3. The SMILES string of the molecule is CC1=[N+](CCCS(=O)(=O)O)c2ccc3c(S(=O)(=O)O)cc4c(S(=O)(=O)O)cccc4c3c2C1(C)C. The van der Waals surface area contributed by atoms with Crippen LogP contribution < -0.4 is 0 Å². The van der Waals surface area contributed by atoms with Gasteiger partial charge in [-0.1, -0.05) is 12.1 Å². The molecule has 13 heteroatoms. The Labute approximate surface area is 203 Å². The molecule has 0 aromatic heterocycles. The second kappa shape index (κ2) is 8.05. The third-order valence-electron chi connectivity index (χ3n) is 6.62. The molecule has 4 rings (SSSR count). The van der Waals surface area contributed by atoms with Crippen LogP contribution in [-0.2, 0) is 35.8 Å². The van der Waals surface area contributed by atoms with Gasteiger partial charge in [-0.2, -0.15) is 29.8 Å². The van der Waals surface area contributed by atoms with E-state index in [4.69, 9.17) is 4.55 Å². The van der Waals surface area contributed by atoms with E-state index in [1.807, 2.05) is 25.3 Å². The van der Waals surface area contributed by atoms with E-state index in [1.165, 1.54) is 12.1 Å². The van der Waals surface area contributed by atoms with Gasteiger partial charge in [-0.15, -0.1) is 0 Å². The van der Waals surface area contributed by atoms with Crippen LogP contribution >= 0.6 is 0 Å². The number of fused-ring (bicyclic) bond motifs is 5. The molecule has 188 valence electrons. The van der Waals surface area contributed by atoms with Gasteiger partial charge in [-0.25, -0.2) is 0 Å². The van der Waals surface area contributed by atoms with E-state index in [9.17, 15) is 34.4 Å². The lowest BCUT2D eigenvalue weighted by atomic mass is 9.78. The van der Waals surface area contributed by atoms with Gasteiger partial charge in [0.15, 0.2) is 5.71 Å². The highest BCUT2D eigenvalue weighted by Gasteiger charge is 2.45. The maximum Gasteiger partial charge on any atom is 0.295 e. The summed E-state index contributed by atoms with van der Waals surface area (Å²) in [4.78, 5) is -1.00. The summed E-state index contributed by atoms with van der Waals surface area (Å²) in [6.07, 6.45) is 0.127. The normalized spacial score (nSPS) is 16.3. The molecule has 0 amide bonds. The second-order valence-corrected chi connectivity index (χ2v) is 13.4. The van der Waals surface area contributed by atoms with Gasteiger partial charge >= 0.3 is 0 Å². The predicted molar refractivity (Wildman–Crippen MR) is 131 cm³/mol. The van der Waals surface area contributed by atoms with E-state index in [0.29, 0.717) is 22.0 Å². The maximum absolute atomic E-state index is 12.3. The van der Waals surface area contributed by atoms with Gasteiger partial charge in [0.2, 0.25) is 5.69 Å². The monoisotopic (exact) mass is 542 g/mol. The lowest BCUT2D eigenvalue weighted by Gasteiger charge is -2.20. The van der Waals surface area contributed by atoms with Crippen molar-refractivity contribution in [3.63, 3.8) is 0 Å². The van der Waals surface area contributed by atoms with Gasteiger partial charge in [0, 0.05) is 41.1 Å². The quantitative estimate of drug-likeness (QED) is 0.241. The molecule has 0 unspecified atom stereocenters. The van der Waals surface area contributed by atoms with E-state index in [1.54, 1.807) is 12.1 Å². The molecule has 1 heterocycles. The summed E-state index contributed by atoms with van der Waals surface area (Å²) in [5.41, 5.74) is 1.43. The van der Waals surface area contributed by atoms with Crippen LogP contribution in [0.15, 0.2) is 46.2 Å². The Morgan fingerprint density at radius 2 is 1.46 bits per heavy atom. The lowest BCUT2D eigenvalue weighted by molar-refractivity contribution is -0.438. The van der Waals surface area contributed by atoms with E-state index in [0.717, 1.165) is 17.8 Å².